The van der Waals surface area contributed by atoms with Crippen molar-refractivity contribution in [2.45, 2.75) is 50.0 Å². The fourth-order valence-corrected chi connectivity index (χ4v) is 4.30. The number of β-amino-alcohol motifs (C(OH)–C–C–N with tert-alkyl or cyclic N) is 1. The maximum Gasteiger partial charge on any atom is 0.161 e. The second-order valence-electron chi connectivity index (χ2n) is 8.78. The van der Waals surface area contributed by atoms with Crippen molar-refractivity contribution in [2.24, 2.45) is 0 Å². The zero-order valence-electron chi connectivity index (χ0n) is 18.3. The molecule has 3 N–H and O–H groups in total. The van der Waals surface area contributed by atoms with Gasteiger partial charge in [-0.15, -0.1) is 0 Å². The van der Waals surface area contributed by atoms with E-state index >= 15 is 0 Å². The van der Waals surface area contributed by atoms with Gasteiger partial charge in [0.2, 0.25) is 0 Å². The SMILES string of the molecule is COc1cc(CNC2(c3ccccc3)CC2)ccc1OC[C@@H](O)CN1CCC(O)CC1. The highest BCUT2D eigenvalue weighted by atomic mass is 16.5. The van der Waals surface area contributed by atoms with Gasteiger partial charge in [0.15, 0.2) is 11.5 Å². The van der Waals surface area contributed by atoms with Gasteiger partial charge >= 0.3 is 0 Å². The van der Waals surface area contributed by atoms with Crippen LogP contribution in [0, 0.1) is 0 Å². The molecular weight excluding hydrogens is 392 g/mol. The van der Waals surface area contributed by atoms with Gasteiger partial charge in [0.1, 0.15) is 12.7 Å². The topological polar surface area (TPSA) is 74.2 Å². The number of likely N-dealkylation sites (tertiary alicyclic amines) is 1. The molecule has 31 heavy (non-hydrogen) atoms. The van der Waals surface area contributed by atoms with E-state index in [1.54, 1.807) is 7.11 Å². The number of hydrogen-bond acceptors (Lipinski definition) is 6. The minimum atomic E-state index is -0.582. The standard InChI is InChI=1S/C25H34N2O4/c1-30-24-15-19(16-26-25(11-12-25)20-5-3-2-4-6-20)7-8-23(24)31-18-22(29)17-27-13-9-21(28)10-14-27/h2-8,15,21-22,26,28-29H,9-14,16-18H2,1H3/t22-/m0/s1. The average Bonchev–Trinajstić information content (AvgIpc) is 3.60. The summed E-state index contributed by atoms with van der Waals surface area (Å²) in [5, 5.41) is 23.7. The first-order valence-corrected chi connectivity index (χ1v) is 11.3. The third-order valence-corrected chi connectivity index (χ3v) is 6.39. The first-order chi connectivity index (χ1) is 15.1. The summed E-state index contributed by atoms with van der Waals surface area (Å²) in [6.45, 7) is 3.15. The summed E-state index contributed by atoms with van der Waals surface area (Å²) in [5.41, 5.74) is 2.58. The van der Waals surface area contributed by atoms with E-state index in [1.165, 1.54) is 5.56 Å². The fraction of sp³-hybridized carbons (Fsp3) is 0.520. The van der Waals surface area contributed by atoms with Gasteiger partial charge in [-0.2, -0.15) is 0 Å². The van der Waals surface area contributed by atoms with Crippen molar-refractivity contribution >= 4 is 0 Å². The molecular formula is C25H34N2O4. The molecule has 2 aromatic rings. The van der Waals surface area contributed by atoms with E-state index in [-0.39, 0.29) is 18.2 Å². The summed E-state index contributed by atoms with van der Waals surface area (Å²) in [5.74, 6) is 1.32. The summed E-state index contributed by atoms with van der Waals surface area (Å²) in [6, 6.07) is 16.6. The molecule has 2 aliphatic rings. The van der Waals surface area contributed by atoms with Gasteiger partial charge in [0.05, 0.1) is 13.2 Å². The number of nitrogens with one attached hydrogen (secondary N) is 1. The van der Waals surface area contributed by atoms with E-state index in [0.29, 0.717) is 18.0 Å². The van der Waals surface area contributed by atoms with Crippen LogP contribution in [0.3, 0.4) is 0 Å². The predicted molar refractivity (Wildman–Crippen MR) is 120 cm³/mol. The third-order valence-electron chi connectivity index (χ3n) is 6.39. The highest BCUT2D eigenvalue weighted by molar-refractivity contribution is 5.43. The molecule has 2 aromatic carbocycles. The van der Waals surface area contributed by atoms with Crippen LogP contribution in [0.1, 0.15) is 36.8 Å². The largest absolute Gasteiger partial charge is 0.493 e. The second kappa shape index (κ2) is 10.0. The summed E-state index contributed by atoms with van der Waals surface area (Å²) in [4.78, 5) is 2.17. The highest BCUT2D eigenvalue weighted by Gasteiger charge is 2.43. The highest BCUT2D eigenvalue weighted by Crippen LogP contribution is 2.45. The van der Waals surface area contributed by atoms with Crippen LogP contribution in [0.2, 0.25) is 0 Å². The van der Waals surface area contributed by atoms with Crippen molar-refractivity contribution < 1.29 is 19.7 Å². The lowest BCUT2D eigenvalue weighted by atomic mass is 10.0. The number of aliphatic hydroxyl groups is 2. The van der Waals surface area contributed by atoms with Gasteiger partial charge in [-0.05, 0) is 48.9 Å². The van der Waals surface area contributed by atoms with Crippen LogP contribution >= 0.6 is 0 Å². The van der Waals surface area contributed by atoms with Crippen LogP contribution in [0.15, 0.2) is 48.5 Å². The molecule has 0 unspecified atom stereocenters. The van der Waals surface area contributed by atoms with Crippen molar-refractivity contribution in [2.75, 3.05) is 33.4 Å². The Kier molecular flexibility index (Phi) is 7.13. The Morgan fingerprint density at radius 3 is 2.52 bits per heavy atom. The van der Waals surface area contributed by atoms with E-state index in [1.807, 2.05) is 18.2 Å². The number of ether oxygens (including phenoxy) is 2. The average molecular weight is 427 g/mol. The summed E-state index contributed by atoms with van der Waals surface area (Å²) >= 11 is 0. The number of hydrogen-bond donors (Lipinski definition) is 3. The Morgan fingerprint density at radius 1 is 1.10 bits per heavy atom. The molecule has 1 aliphatic heterocycles. The van der Waals surface area contributed by atoms with Crippen LogP contribution in [-0.2, 0) is 12.1 Å². The minimum Gasteiger partial charge on any atom is -0.493 e. The number of rotatable bonds is 10. The molecule has 0 radical (unpaired) electrons. The van der Waals surface area contributed by atoms with Crippen LogP contribution in [0.5, 0.6) is 11.5 Å². The van der Waals surface area contributed by atoms with Crippen molar-refractivity contribution in [3.63, 3.8) is 0 Å². The predicted octanol–water partition coefficient (Wildman–Crippen LogP) is 2.67. The molecule has 1 aliphatic carbocycles. The third kappa shape index (κ3) is 5.77. The minimum absolute atomic E-state index is 0.0955. The van der Waals surface area contributed by atoms with Crippen molar-refractivity contribution in [3.8, 4) is 11.5 Å². The van der Waals surface area contributed by atoms with Crippen molar-refractivity contribution in [1.82, 2.24) is 10.2 Å². The molecule has 4 rings (SSSR count). The fourth-order valence-electron chi connectivity index (χ4n) is 4.30. The van der Waals surface area contributed by atoms with Crippen LogP contribution in [-0.4, -0.2) is 60.7 Å². The molecule has 0 aromatic heterocycles. The number of piperidine rings is 1. The summed E-state index contributed by atoms with van der Waals surface area (Å²) < 4.78 is 11.4. The van der Waals surface area contributed by atoms with Crippen molar-refractivity contribution in [1.29, 1.82) is 0 Å². The maximum absolute atomic E-state index is 10.4. The number of methoxy groups -OCH3 is 1. The Balaban J connectivity index is 1.29. The zero-order chi connectivity index (χ0) is 21.7. The Bertz CT molecular complexity index is 833. The van der Waals surface area contributed by atoms with Gasteiger partial charge in [-0.3, -0.25) is 0 Å². The summed E-state index contributed by atoms with van der Waals surface area (Å²) in [6.07, 6.45) is 3.06. The maximum atomic E-state index is 10.4. The molecule has 0 bridgehead atoms. The lowest BCUT2D eigenvalue weighted by Gasteiger charge is -2.30. The Labute approximate surface area is 184 Å². The smallest absolute Gasteiger partial charge is 0.161 e. The number of nitrogens with zero attached hydrogens (tertiary/aromatic N) is 1. The van der Waals surface area contributed by atoms with E-state index in [4.69, 9.17) is 9.47 Å². The van der Waals surface area contributed by atoms with Crippen molar-refractivity contribution in [3.05, 3.63) is 59.7 Å². The Morgan fingerprint density at radius 2 is 1.84 bits per heavy atom. The van der Waals surface area contributed by atoms with E-state index in [2.05, 4.69) is 40.5 Å². The van der Waals surface area contributed by atoms with E-state index < -0.39 is 6.10 Å². The quantitative estimate of drug-likeness (QED) is 0.543. The molecule has 1 saturated heterocycles. The molecule has 0 amide bonds. The van der Waals surface area contributed by atoms with Crippen LogP contribution in [0.4, 0.5) is 0 Å². The number of aliphatic hydroxyl groups excluding tert-OH is 2. The van der Waals surface area contributed by atoms with Gasteiger partial charge in [-0.1, -0.05) is 36.4 Å². The lowest BCUT2D eigenvalue weighted by molar-refractivity contribution is 0.0333. The first-order valence-electron chi connectivity index (χ1n) is 11.3. The molecule has 168 valence electrons. The van der Waals surface area contributed by atoms with Crippen LogP contribution < -0.4 is 14.8 Å². The van der Waals surface area contributed by atoms with Gasteiger partial charge < -0.3 is 29.9 Å². The molecule has 2 fully saturated rings. The molecule has 6 heteroatoms. The zero-order valence-corrected chi connectivity index (χ0v) is 18.3. The molecule has 1 saturated carbocycles. The van der Waals surface area contributed by atoms with E-state index in [0.717, 1.165) is 50.9 Å². The molecule has 1 atom stereocenters. The normalized spacial score (nSPS) is 19.7. The van der Waals surface area contributed by atoms with Gasteiger partial charge in [0.25, 0.3) is 0 Å². The molecule has 1 heterocycles. The molecule has 6 nitrogen and oxygen atoms in total. The van der Waals surface area contributed by atoms with E-state index in [9.17, 15) is 10.2 Å². The van der Waals surface area contributed by atoms with Gasteiger partial charge in [0, 0.05) is 31.7 Å². The van der Waals surface area contributed by atoms with Gasteiger partial charge in [-0.25, -0.2) is 0 Å². The second-order valence-corrected chi connectivity index (χ2v) is 8.78. The molecule has 0 spiro atoms. The lowest BCUT2D eigenvalue weighted by Crippen LogP contribution is -2.41. The summed E-state index contributed by atoms with van der Waals surface area (Å²) in [7, 11) is 1.64. The monoisotopic (exact) mass is 426 g/mol. The Hall–Kier alpha value is -2.12. The van der Waals surface area contributed by atoms with Crippen LogP contribution in [0.25, 0.3) is 0 Å². The number of benzene rings is 2. The first kappa shape index (κ1) is 22.1.